The molecule has 0 unspecified atom stereocenters. The zero-order valence-electron chi connectivity index (χ0n) is 20.1. The van der Waals surface area contributed by atoms with Crippen molar-refractivity contribution in [3.8, 4) is 11.1 Å². The number of nitrogen functional groups attached to an aromatic ring is 1. The summed E-state index contributed by atoms with van der Waals surface area (Å²) in [5.41, 5.74) is 17.1. The maximum Gasteiger partial charge on any atom is 0.223 e. The molecule has 0 atom stereocenters. The van der Waals surface area contributed by atoms with Crippen LogP contribution in [0.4, 0.5) is 17.0 Å². The summed E-state index contributed by atoms with van der Waals surface area (Å²) in [4.78, 5) is 10.2. The molecule has 0 bridgehead atoms. The lowest BCUT2D eigenvalue weighted by molar-refractivity contribution is 0.405. The van der Waals surface area contributed by atoms with Crippen LogP contribution in [-0.2, 0) is 6.54 Å². The normalized spacial score (nSPS) is 14.3. The second-order valence-electron chi connectivity index (χ2n) is 9.19. The van der Waals surface area contributed by atoms with Crippen molar-refractivity contribution in [2.24, 2.45) is 5.73 Å². The quantitative estimate of drug-likeness (QED) is 0.226. The first-order chi connectivity index (χ1) is 18.0. The van der Waals surface area contributed by atoms with Crippen LogP contribution in [0.3, 0.4) is 0 Å². The van der Waals surface area contributed by atoms with Gasteiger partial charge >= 0.3 is 0 Å². The molecule has 1 fully saturated rings. The van der Waals surface area contributed by atoms with E-state index in [1.165, 1.54) is 16.5 Å². The van der Waals surface area contributed by atoms with Crippen molar-refractivity contribution in [1.82, 2.24) is 24.7 Å². The Morgan fingerprint density at radius 1 is 1.16 bits per heavy atom. The molecule has 4 heterocycles. The third-order valence-electron chi connectivity index (χ3n) is 6.87. The lowest BCUT2D eigenvalue weighted by Crippen LogP contribution is -2.34. The molecule has 37 heavy (non-hydrogen) atoms. The molecule has 0 spiro atoms. The highest BCUT2D eigenvalue weighted by atomic mass is 32.1. The Balaban J connectivity index is 1.35. The molecule has 6 rings (SSSR count). The number of thiazole rings is 1. The third kappa shape index (κ3) is 4.75. The monoisotopic (exact) mass is 529 g/mol. The smallest absolute Gasteiger partial charge is 0.223 e. The van der Waals surface area contributed by atoms with E-state index in [2.05, 4.69) is 71.5 Å². The molecule has 3 aromatic heterocycles. The largest absolute Gasteiger partial charge is 0.389 e. The Morgan fingerprint density at radius 2 is 2.03 bits per heavy atom. The first kappa shape index (κ1) is 23.4. The Bertz CT molecular complexity index is 1550. The van der Waals surface area contributed by atoms with E-state index < -0.39 is 0 Å². The fourth-order valence-corrected chi connectivity index (χ4v) is 5.85. The van der Waals surface area contributed by atoms with Crippen LogP contribution in [0.15, 0.2) is 60.2 Å². The predicted octanol–water partition coefficient (Wildman–Crippen LogP) is 4.55. The van der Waals surface area contributed by atoms with Gasteiger partial charge in [-0.15, -0.1) is 21.5 Å². The minimum absolute atomic E-state index is 0.291. The molecular weight excluding hydrogens is 502 g/mol. The number of fused-ring (bicyclic) bond motifs is 1. The number of nitrogens with one attached hydrogen (secondary N) is 2. The molecule has 0 aliphatic carbocycles. The van der Waals surface area contributed by atoms with E-state index in [9.17, 15) is 0 Å². The lowest BCUT2D eigenvalue weighted by atomic mass is 10.0. The highest BCUT2D eigenvalue weighted by molar-refractivity contribution is 7.80. The van der Waals surface area contributed by atoms with Gasteiger partial charge in [-0.1, -0.05) is 42.5 Å². The van der Waals surface area contributed by atoms with Gasteiger partial charge < -0.3 is 26.3 Å². The second-order valence-corrected chi connectivity index (χ2v) is 10.5. The Labute approximate surface area is 223 Å². The summed E-state index contributed by atoms with van der Waals surface area (Å²) in [5.74, 6) is 0.845. The molecule has 1 aliphatic rings. The van der Waals surface area contributed by atoms with Gasteiger partial charge in [0.25, 0.3) is 0 Å². The standard InChI is InChI=1S/C26H27N9S2/c27-23(36)18-3-1-2-17(13-18)21-15-35(19-6-9-34(10-7-19)26-29-8-11-37-26)22-12-16(4-5-20(21)22)14-30-25-31-24(28)32-33-25/h1-5,8,11-13,15,19H,6-7,9-10,14H2,(H2,27,36)(H4,28,30,31,32,33). The molecule has 2 aromatic carbocycles. The molecule has 6 N–H and O–H groups in total. The van der Waals surface area contributed by atoms with E-state index in [0.717, 1.165) is 47.8 Å². The fraction of sp³-hybridized carbons (Fsp3) is 0.231. The minimum Gasteiger partial charge on any atom is -0.389 e. The van der Waals surface area contributed by atoms with Crippen LogP contribution in [0.25, 0.3) is 22.0 Å². The third-order valence-corrected chi connectivity index (χ3v) is 7.94. The zero-order valence-corrected chi connectivity index (χ0v) is 21.7. The van der Waals surface area contributed by atoms with Gasteiger partial charge in [0.05, 0.1) is 0 Å². The fourth-order valence-electron chi connectivity index (χ4n) is 5.03. The maximum absolute atomic E-state index is 5.94. The van der Waals surface area contributed by atoms with Crippen molar-refractivity contribution in [2.45, 2.75) is 25.4 Å². The Hall–Kier alpha value is -3.96. The number of rotatable bonds is 7. The summed E-state index contributed by atoms with van der Waals surface area (Å²) in [5, 5.41) is 15.4. The van der Waals surface area contributed by atoms with Crippen molar-refractivity contribution in [3.63, 3.8) is 0 Å². The molecule has 0 saturated carbocycles. The van der Waals surface area contributed by atoms with Gasteiger partial charge in [0.2, 0.25) is 11.9 Å². The highest BCUT2D eigenvalue weighted by Gasteiger charge is 2.24. The molecule has 188 valence electrons. The minimum atomic E-state index is 0.291. The van der Waals surface area contributed by atoms with E-state index in [-0.39, 0.29) is 0 Å². The van der Waals surface area contributed by atoms with Crippen molar-refractivity contribution < 1.29 is 0 Å². The van der Waals surface area contributed by atoms with Gasteiger partial charge in [-0.05, 0) is 36.1 Å². The number of anilines is 3. The highest BCUT2D eigenvalue weighted by Crippen LogP contribution is 2.37. The van der Waals surface area contributed by atoms with Crippen LogP contribution in [0.5, 0.6) is 0 Å². The van der Waals surface area contributed by atoms with E-state index in [4.69, 9.17) is 23.7 Å². The molecule has 5 aromatic rings. The molecule has 9 nitrogen and oxygen atoms in total. The van der Waals surface area contributed by atoms with Crippen molar-refractivity contribution >= 4 is 56.5 Å². The topological polar surface area (TPSA) is 127 Å². The molecule has 0 amide bonds. The molecular formula is C26H27N9S2. The van der Waals surface area contributed by atoms with Gasteiger partial charge in [-0.3, -0.25) is 4.98 Å². The maximum atomic E-state index is 5.94. The van der Waals surface area contributed by atoms with E-state index in [0.29, 0.717) is 29.5 Å². The number of thiocarbonyl (C=S) groups is 1. The Morgan fingerprint density at radius 3 is 2.76 bits per heavy atom. The molecule has 11 heteroatoms. The average molecular weight is 530 g/mol. The summed E-state index contributed by atoms with van der Waals surface area (Å²) < 4.78 is 2.45. The number of aromatic amines is 1. The van der Waals surface area contributed by atoms with Gasteiger partial charge in [-0.2, -0.15) is 0 Å². The van der Waals surface area contributed by atoms with Gasteiger partial charge in [0.1, 0.15) is 4.99 Å². The van der Waals surface area contributed by atoms with Crippen LogP contribution in [0.2, 0.25) is 0 Å². The number of H-pyrrole nitrogens is 1. The summed E-state index contributed by atoms with van der Waals surface area (Å²) in [7, 11) is 0. The van der Waals surface area contributed by atoms with E-state index in [1.807, 2.05) is 23.7 Å². The Kier molecular flexibility index (Phi) is 6.23. The molecule has 1 saturated heterocycles. The van der Waals surface area contributed by atoms with Crippen LogP contribution in [0, 0.1) is 0 Å². The molecule has 1 aliphatic heterocycles. The summed E-state index contributed by atoms with van der Waals surface area (Å²) in [6.07, 6.45) is 6.27. The number of nitrogens with two attached hydrogens (primary N) is 2. The van der Waals surface area contributed by atoms with Gasteiger partial charge in [0.15, 0.2) is 5.13 Å². The van der Waals surface area contributed by atoms with Crippen LogP contribution < -0.4 is 21.7 Å². The number of piperidine rings is 1. The summed E-state index contributed by atoms with van der Waals surface area (Å²) in [6.45, 7) is 2.57. The van der Waals surface area contributed by atoms with E-state index >= 15 is 0 Å². The molecule has 0 radical (unpaired) electrons. The van der Waals surface area contributed by atoms with Crippen LogP contribution in [0.1, 0.15) is 30.0 Å². The zero-order chi connectivity index (χ0) is 25.4. The van der Waals surface area contributed by atoms with Crippen molar-refractivity contribution in [2.75, 3.05) is 29.0 Å². The SMILES string of the molecule is NC(=S)c1cccc(-c2cn(C3CCN(c4nccs4)CC3)c3cc(CNc4nnc(N)[nH]4)ccc23)c1. The summed E-state index contributed by atoms with van der Waals surface area (Å²) in [6, 6.07) is 15.2. The van der Waals surface area contributed by atoms with Gasteiger partial charge in [0, 0.05) is 65.5 Å². The van der Waals surface area contributed by atoms with Crippen LogP contribution >= 0.6 is 23.6 Å². The first-order valence-electron chi connectivity index (χ1n) is 12.2. The average Bonchev–Trinajstić information content (AvgIpc) is 3.68. The summed E-state index contributed by atoms with van der Waals surface area (Å²) >= 11 is 6.95. The van der Waals surface area contributed by atoms with Crippen molar-refractivity contribution in [3.05, 3.63) is 71.4 Å². The number of hydrogen-bond acceptors (Lipinski definition) is 8. The van der Waals surface area contributed by atoms with Crippen molar-refractivity contribution in [1.29, 1.82) is 0 Å². The number of nitrogens with zero attached hydrogens (tertiary/aromatic N) is 5. The first-order valence-corrected chi connectivity index (χ1v) is 13.4. The number of hydrogen-bond donors (Lipinski definition) is 4. The number of aromatic nitrogens is 5. The lowest BCUT2D eigenvalue weighted by Gasteiger charge is -2.33. The van der Waals surface area contributed by atoms with Crippen LogP contribution in [-0.4, -0.2) is 42.8 Å². The number of benzene rings is 2. The predicted molar refractivity (Wildman–Crippen MR) is 154 cm³/mol. The second kappa shape index (κ2) is 9.83. The van der Waals surface area contributed by atoms with E-state index in [1.54, 1.807) is 11.3 Å². The van der Waals surface area contributed by atoms with Gasteiger partial charge in [-0.25, -0.2) is 4.98 Å².